The van der Waals surface area contributed by atoms with E-state index < -0.39 is 0 Å². The van der Waals surface area contributed by atoms with Gasteiger partial charge in [-0.05, 0) is 45.1 Å². The van der Waals surface area contributed by atoms with Gasteiger partial charge in [-0.25, -0.2) is 0 Å². The second-order valence-corrected chi connectivity index (χ2v) is 7.92. The number of hydrogen-bond donors (Lipinski definition) is 0. The summed E-state index contributed by atoms with van der Waals surface area (Å²) in [5.41, 5.74) is 0. The summed E-state index contributed by atoms with van der Waals surface area (Å²) in [6.45, 7) is 4.53. The van der Waals surface area contributed by atoms with Gasteiger partial charge < -0.3 is 14.2 Å². The number of aromatic nitrogens is 3. The number of rotatable bonds is 5. The highest BCUT2D eigenvalue weighted by atomic mass is 16.5. The minimum absolute atomic E-state index is 0.00632. The van der Waals surface area contributed by atoms with Crippen molar-refractivity contribution in [2.45, 2.75) is 63.1 Å². The average Bonchev–Trinajstić information content (AvgIpc) is 3.58. The molecule has 3 heterocycles. The monoisotopic (exact) mass is 345 g/mol. The third-order valence-corrected chi connectivity index (χ3v) is 5.96. The van der Waals surface area contributed by atoms with Gasteiger partial charge in [0.05, 0.1) is 25.8 Å². The van der Waals surface area contributed by atoms with Crippen molar-refractivity contribution in [3.63, 3.8) is 0 Å². The lowest BCUT2D eigenvalue weighted by molar-refractivity contribution is -0.140. The van der Waals surface area contributed by atoms with Gasteiger partial charge in [0.25, 0.3) is 0 Å². The Labute approximate surface area is 148 Å². The van der Waals surface area contributed by atoms with Crippen molar-refractivity contribution in [2.75, 3.05) is 32.8 Å². The zero-order valence-electron chi connectivity index (χ0n) is 14.8. The molecule has 4 fully saturated rings. The van der Waals surface area contributed by atoms with E-state index in [1.807, 2.05) is 4.90 Å². The summed E-state index contributed by atoms with van der Waals surface area (Å²) >= 11 is 0. The molecule has 0 aromatic carbocycles. The molecule has 4 aliphatic rings. The van der Waals surface area contributed by atoms with E-state index in [2.05, 4.69) is 19.7 Å². The summed E-state index contributed by atoms with van der Waals surface area (Å²) in [4.78, 5) is 17.3. The molecule has 0 bridgehead atoms. The third kappa shape index (κ3) is 3.08. The zero-order valence-corrected chi connectivity index (χ0v) is 14.8. The van der Waals surface area contributed by atoms with Gasteiger partial charge >= 0.3 is 0 Å². The molecule has 136 valence electrons. The molecule has 0 radical (unpaired) electrons. The SMILES string of the molecule is O=C([C@@H]1CCCN1Cc1nnc(C2CC2)n1C1CC1)N1CCOCC1. The van der Waals surface area contributed by atoms with E-state index >= 15 is 0 Å². The van der Waals surface area contributed by atoms with Crippen molar-refractivity contribution in [2.24, 2.45) is 0 Å². The highest BCUT2D eigenvalue weighted by Gasteiger charge is 2.39. The molecule has 0 spiro atoms. The van der Waals surface area contributed by atoms with Crippen LogP contribution in [0.5, 0.6) is 0 Å². The Morgan fingerprint density at radius 3 is 2.56 bits per heavy atom. The number of nitrogens with zero attached hydrogens (tertiary/aromatic N) is 5. The van der Waals surface area contributed by atoms with Crippen LogP contribution in [0.1, 0.15) is 62.1 Å². The second-order valence-electron chi connectivity index (χ2n) is 7.92. The molecule has 2 aliphatic carbocycles. The van der Waals surface area contributed by atoms with Crippen LogP contribution in [0, 0.1) is 0 Å². The van der Waals surface area contributed by atoms with Gasteiger partial charge in [-0.15, -0.1) is 10.2 Å². The van der Waals surface area contributed by atoms with Crippen molar-refractivity contribution in [1.29, 1.82) is 0 Å². The van der Waals surface area contributed by atoms with Crippen LogP contribution in [-0.4, -0.2) is 69.4 Å². The lowest BCUT2D eigenvalue weighted by Gasteiger charge is -2.32. The normalized spacial score (nSPS) is 27.8. The molecule has 7 heteroatoms. The van der Waals surface area contributed by atoms with Crippen LogP contribution >= 0.6 is 0 Å². The van der Waals surface area contributed by atoms with Gasteiger partial charge in [0.1, 0.15) is 11.6 Å². The van der Waals surface area contributed by atoms with Crippen LogP contribution in [0.15, 0.2) is 0 Å². The summed E-state index contributed by atoms with van der Waals surface area (Å²) < 4.78 is 7.79. The van der Waals surface area contributed by atoms with Gasteiger partial charge in [0.15, 0.2) is 0 Å². The predicted octanol–water partition coefficient (Wildman–Crippen LogP) is 1.31. The number of likely N-dealkylation sites (tertiary alicyclic amines) is 1. The molecule has 2 saturated carbocycles. The molecule has 25 heavy (non-hydrogen) atoms. The number of morpholine rings is 1. The van der Waals surface area contributed by atoms with Gasteiger partial charge in [-0.3, -0.25) is 9.69 Å². The quantitative estimate of drug-likeness (QED) is 0.805. The Bertz CT molecular complexity index is 646. The van der Waals surface area contributed by atoms with Crippen molar-refractivity contribution in [3.05, 3.63) is 11.6 Å². The molecule has 0 unspecified atom stereocenters. The fourth-order valence-corrected chi connectivity index (χ4v) is 4.27. The molecule has 2 saturated heterocycles. The van der Waals surface area contributed by atoms with Gasteiger partial charge in [-0.2, -0.15) is 0 Å². The standard InChI is InChI=1S/C18H27N5O2/c24-18(21-8-10-25-11-9-21)15-2-1-7-22(15)12-16-19-20-17(13-3-4-13)23(16)14-5-6-14/h13-15H,1-12H2/t15-/m0/s1. The summed E-state index contributed by atoms with van der Waals surface area (Å²) in [6, 6.07) is 0.614. The number of amides is 1. The van der Waals surface area contributed by atoms with Crippen molar-refractivity contribution >= 4 is 5.91 Å². The largest absolute Gasteiger partial charge is 0.378 e. The molecule has 1 atom stereocenters. The molecule has 5 rings (SSSR count). The van der Waals surface area contributed by atoms with Crippen LogP contribution < -0.4 is 0 Å². The summed E-state index contributed by atoms with van der Waals surface area (Å²) in [5.74, 6) is 3.19. The molecule has 2 aliphatic heterocycles. The summed E-state index contributed by atoms with van der Waals surface area (Å²) in [5, 5.41) is 9.05. The minimum atomic E-state index is 0.00632. The Morgan fingerprint density at radius 1 is 1.04 bits per heavy atom. The van der Waals surface area contributed by atoms with Crippen LogP contribution in [0.2, 0.25) is 0 Å². The number of carbonyl (C=O) groups is 1. The van der Waals surface area contributed by atoms with Crippen molar-refractivity contribution in [3.8, 4) is 0 Å². The Balaban J connectivity index is 1.32. The zero-order chi connectivity index (χ0) is 16.8. The lowest BCUT2D eigenvalue weighted by atomic mass is 10.2. The van der Waals surface area contributed by atoms with E-state index in [0.29, 0.717) is 25.2 Å². The maximum atomic E-state index is 12.9. The lowest BCUT2D eigenvalue weighted by Crippen LogP contribution is -2.49. The first-order valence-corrected chi connectivity index (χ1v) is 9.85. The third-order valence-electron chi connectivity index (χ3n) is 5.96. The minimum Gasteiger partial charge on any atom is -0.378 e. The molecule has 0 N–H and O–H groups in total. The van der Waals surface area contributed by atoms with Crippen LogP contribution in [0.25, 0.3) is 0 Å². The van der Waals surface area contributed by atoms with Crippen LogP contribution in [0.3, 0.4) is 0 Å². The van der Waals surface area contributed by atoms with E-state index in [4.69, 9.17) is 4.74 Å². The van der Waals surface area contributed by atoms with E-state index in [-0.39, 0.29) is 11.9 Å². The molecule has 1 aromatic rings. The topological polar surface area (TPSA) is 63.5 Å². The first-order valence-electron chi connectivity index (χ1n) is 9.85. The van der Waals surface area contributed by atoms with Gasteiger partial charge in [0, 0.05) is 25.0 Å². The predicted molar refractivity (Wildman–Crippen MR) is 91.1 cm³/mol. The second kappa shape index (κ2) is 6.36. The van der Waals surface area contributed by atoms with Gasteiger partial charge in [-0.1, -0.05) is 0 Å². The van der Waals surface area contributed by atoms with Crippen LogP contribution in [0.4, 0.5) is 0 Å². The first-order chi connectivity index (χ1) is 12.3. The molecule has 7 nitrogen and oxygen atoms in total. The Kier molecular flexibility index (Phi) is 4.01. The average molecular weight is 345 g/mol. The summed E-state index contributed by atoms with van der Waals surface area (Å²) in [6.07, 6.45) is 7.07. The summed E-state index contributed by atoms with van der Waals surface area (Å²) in [7, 11) is 0. The number of carbonyl (C=O) groups excluding carboxylic acids is 1. The molecular weight excluding hydrogens is 318 g/mol. The maximum absolute atomic E-state index is 12.9. The number of ether oxygens (including phenoxy) is 1. The van der Waals surface area contributed by atoms with Gasteiger partial charge in [0.2, 0.25) is 5.91 Å². The molecule has 1 aromatic heterocycles. The highest BCUT2D eigenvalue weighted by molar-refractivity contribution is 5.82. The first kappa shape index (κ1) is 15.8. The van der Waals surface area contributed by atoms with Crippen LogP contribution in [-0.2, 0) is 16.1 Å². The molecular formula is C18H27N5O2. The Hall–Kier alpha value is -1.47. The van der Waals surface area contributed by atoms with E-state index in [1.54, 1.807) is 0 Å². The number of hydrogen-bond acceptors (Lipinski definition) is 5. The van der Waals surface area contributed by atoms with E-state index in [0.717, 1.165) is 44.8 Å². The Morgan fingerprint density at radius 2 is 1.84 bits per heavy atom. The fourth-order valence-electron chi connectivity index (χ4n) is 4.27. The van der Waals surface area contributed by atoms with Crippen molar-refractivity contribution in [1.82, 2.24) is 24.6 Å². The highest BCUT2D eigenvalue weighted by Crippen LogP contribution is 2.45. The van der Waals surface area contributed by atoms with E-state index in [9.17, 15) is 4.79 Å². The van der Waals surface area contributed by atoms with E-state index in [1.165, 1.54) is 31.5 Å². The molecule has 1 amide bonds. The van der Waals surface area contributed by atoms with Crippen molar-refractivity contribution < 1.29 is 9.53 Å². The fraction of sp³-hybridized carbons (Fsp3) is 0.833. The smallest absolute Gasteiger partial charge is 0.240 e. The maximum Gasteiger partial charge on any atom is 0.240 e.